The summed E-state index contributed by atoms with van der Waals surface area (Å²) in [6.45, 7) is 5.72. The van der Waals surface area contributed by atoms with Gasteiger partial charge in [-0.25, -0.2) is 0 Å². The van der Waals surface area contributed by atoms with E-state index in [0.717, 1.165) is 12.5 Å². The number of nitrogens with zero attached hydrogens (tertiary/aromatic N) is 2. The van der Waals surface area contributed by atoms with Crippen molar-refractivity contribution in [2.24, 2.45) is 5.92 Å². The first-order valence-corrected chi connectivity index (χ1v) is 6.64. The van der Waals surface area contributed by atoms with Gasteiger partial charge in [0.2, 0.25) is 0 Å². The molecule has 1 saturated heterocycles. The Morgan fingerprint density at radius 3 is 2.75 bits per heavy atom. The highest BCUT2D eigenvalue weighted by atomic mass is 15.2. The fraction of sp³-hybridized carbons (Fsp3) is 0.923. The maximum atomic E-state index is 8.80. The van der Waals surface area contributed by atoms with Crippen LogP contribution in [0.2, 0.25) is 0 Å². The lowest BCUT2D eigenvalue weighted by molar-refractivity contribution is 0.185. The molecule has 3 nitrogen and oxygen atoms in total. The van der Waals surface area contributed by atoms with Crippen LogP contribution in [0.15, 0.2) is 0 Å². The molecule has 2 atom stereocenters. The highest BCUT2D eigenvalue weighted by Crippen LogP contribution is 2.30. The lowest BCUT2D eigenvalue weighted by atomic mass is 10.1. The van der Waals surface area contributed by atoms with Gasteiger partial charge in [-0.15, -0.1) is 0 Å². The van der Waals surface area contributed by atoms with Crippen LogP contribution in [-0.2, 0) is 0 Å². The van der Waals surface area contributed by atoms with Gasteiger partial charge in [0.1, 0.15) is 0 Å². The molecule has 1 aliphatic carbocycles. The van der Waals surface area contributed by atoms with Crippen molar-refractivity contribution in [2.45, 2.75) is 51.1 Å². The van der Waals surface area contributed by atoms with Gasteiger partial charge in [-0.05, 0) is 45.1 Å². The summed E-state index contributed by atoms with van der Waals surface area (Å²) in [4.78, 5) is 2.53. The number of nitrogens with one attached hydrogen (secondary N) is 1. The van der Waals surface area contributed by atoms with Crippen LogP contribution >= 0.6 is 0 Å². The molecule has 0 radical (unpaired) electrons. The second-order valence-electron chi connectivity index (χ2n) is 5.40. The molecule has 0 aromatic rings. The van der Waals surface area contributed by atoms with Crippen LogP contribution < -0.4 is 5.32 Å². The quantitative estimate of drug-likeness (QED) is 0.742. The Bertz CT molecular complexity index is 248. The highest BCUT2D eigenvalue weighted by molar-refractivity contribution is 4.87. The van der Waals surface area contributed by atoms with Crippen molar-refractivity contribution in [3.63, 3.8) is 0 Å². The minimum absolute atomic E-state index is 0.424. The molecule has 3 heteroatoms. The zero-order chi connectivity index (χ0) is 11.4. The first-order valence-electron chi connectivity index (χ1n) is 6.64. The van der Waals surface area contributed by atoms with Crippen LogP contribution in [0.3, 0.4) is 0 Å². The number of nitriles is 1. The van der Waals surface area contributed by atoms with Crippen LogP contribution in [0.25, 0.3) is 0 Å². The van der Waals surface area contributed by atoms with Gasteiger partial charge >= 0.3 is 0 Å². The third kappa shape index (κ3) is 3.47. The van der Waals surface area contributed by atoms with Gasteiger partial charge in [-0.2, -0.15) is 5.26 Å². The lowest BCUT2D eigenvalue weighted by Gasteiger charge is -2.30. The standard InChI is InChI=1S/C13H23N3/c1-11(6-7-14)16(9-12-4-5-12)10-13-3-2-8-15-13/h11-13,15H,2-6,8-10H2,1H3. The van der Waals surface area contributed by atoms with E-state index in [0.29, 0.717) is 18.5 Å². The van der Waals surface area contributed by atoms with Gasteiger partial charge in [0.05, 0.1) is 12.5 Å². The second-order valence-corrected chi connectivity index (χ2v) is 5.40. The van der Waals surface area contributed by atoms with Gasteiger partial charge in [-0.1, -0.05) is 0 Å². The lowest BCUT2D eigenvalue weighted by Crippen LogP contribution is -2.43. The molecule has 1 aliphatic heterocycles. The summed E-state index contributed by atoms with van der Waals surface area (Å²) < 4.78 is 0. The first-order chi connectivity index (χ1) is 7.79. The average Bonchev–Trinajstić information content (AvgIpc) is 2.92. The number of rotatable bonds is 6. The van der Waals surface area contributed by atoms with Crippen molar-refractivity contribution in [2.75, 3.05) is 19.6 Å². The van der Waals surface area contributed by atoms with Crippen molar-refractivity contribution in [1.82, 2.24) is 10.2 Å². The van der Waals surface area contributed by atoms with Gasteiger partial charge in [0.25, 0.3) is 0 Å². The normalized spacial score (nSPS) is 26.9. The Hall–Kier alpha value is -0.590. The first kappa shape index (κ1) is 11.9. The summed E-state index contributed by atoms with van der Waals surface area (Å²) in [7, 11) is 0. The van der Waals surface area contributed by atoms with E-state index in [9.17, 15) is 0 Å². The third-order valence-electron chi connectivity index (χ3n) is 3.82. The predicted molar refractivity (Wildman–Crippen MR) is 65.0 cm³/mol. The molecular formula is C13H23N3. The minimum Gasteiger partial charge on any atom is -0.313 e. The van der Waals surface area contributed by atoms with Gasteiger partial charge in [-0.3, -0.25) is 4.90 Å². The highest BCUT2D eigenvalue weighted by Gasteiger charge is 2.28. The molecule has 2 aliphatic rings. The van der Waals surface area contributed by atoms with E-state index in [1.807, 2.05) is 0 Å². The molecule has 16 heavy (non-hydrogen) atoms. The van der Waals surface area contributed by atoms with Crippen molar-refractivity contribution < 1.29 is 0 Å². The summed E-state index contributed by atoms with van der Waals surface area (Å²) in [5.74, 6) is 0.919. The summed E-state index contributed by atoms with van der Waals surface area (Å²) in [5.41, 5.74) is 0. The molecule has 0 aromatic heterocycles. The predicted octanol–water partition coefficient (Wildman–Crippen LogP) is 1.75. The molecular weight excluding hydrogens is 198 g/mol. The molecule has 1 heterocycles. The Balaban J connectivity index is 1.82. The van der Waals surface area contributed by atoms with Crippen LogP contribution in [0.1, 0.15) is 39.0 Å². The van der Waals surface area contributed by atoms with Crippen molar-refractivity contribution in [1.29, 1.82) is 5.26 Å². The van der Waals surface area contributed by atoms with E-state index in [1.165, 1.54) is 38.8 Å². The molecule has 0 spiro atoms. The van der Waals surface area contributed by atoms with E-state index in [4.69, 9.17) is 5.26 Å². The zero-order valence-electron chi connectivity index (χ0n) is 10.3. The van der Waals surface area contributed by atoms with E-state index < -0.39 is 0 Å². The average molecular weight is 221 g/mol. The van der Waals surface area contributed by atoms with E-state index in [-0.39, 0.29) is 0 Å². The summed E-state index contributed by atoms with van der Waals surface area (Å²) in [5, 5.41) is 12.4. The molecule has 90 valence electrons. The summed E-state index contributed by atoms with van der Waals surface area (Å²) in [6, 6.07) is 3.40. The fourth-order valence-electron chi connectivity index (χ4n) is 2.52. The topological polar surface area (TPSA) is 39.1 Å². The second kappa shape index (κ2) is 5.65. The summed E-state index contributed by atoms with van der Waals surface area (Å²) in [6.07, 6.45) is 6.08. The Morgan fingerprint density at radius 1 is 1.38 bits per heavy atom. The molecule has 1 saturated carbocycles. The Morgan fingerprint density at radius 2 is 2.19 bits per heavy atom. The van der Waals surface area contributed by atoms with Gasteiger partial charge < -0.3 is 5.32 Å². The fourth-order valence-corrected chi connectivity index (χ4v) is 2.52. The maximum Gasteiger partial charge on any atom is 0.0638 e. The van der Waals surface area contributed by atoms with Crippen LogP contribution in [0, 0.1) is 17.2 Å². The Labute approximate surface area is 98.8 Å². The van der Waals surface area contributed by atoms with Gasteiger partial charge in [0, 0.05) is 25.2 Å². The van der Waals surface area contributed by atoms with Crippen LogP contribution in [0.5, 0.6) is 0 Å². The monoisotopic (exact) mass is 221 g/mol. The van der Waals surface area contributed by atoms with Crippen LogP contribution in [0.4, 0.5) is 0 Å². The van der Waals surface area contributed by atoms with Crippen molar-refractivity contribution in [3.8, 4) is 6.07 Å². The number of hydrogen-bond donors (Lipinski definition) is 1. The largest absolute Gasteiger partial charge is 0.313 e. The molecule has 2 fully saturated rings. The van der Waals surface area contributed by atoms with Crippen molar-refractivity contribution in [3.05, 3.63) is 0 Å². The van der Waals surface area contributed by atoms with E-state index >= 15 is 0 Å². The molecule has 0 aromatic carbocycles. The molecule has 0 amide bonds. The Kier molecular flexibility index (Phi) is 4.20. The molecule has 2 unspecified atom stereocenters. The van der Waals surface area contributed by atoms with E-state index in [2.05, 4.69) is 23.2 Å². The molecule has 1 N–H and O–H groups in total. The SMILES string of the molecule is CC(CC#N)N(CC1CC1)CC1CCCN1. The number of hydrogen-bond acceptors (Lipinski definition) is 3. The molecule has 2 rings (SSSR count). The summed E-state index contributed by atoms with van der Waals surface area (Å²) >= 11 is 0. The smallest absolute Gasteiger partial charge is 0.0638 e. The third-order valence-corrected chi connectivity index (χ3v) is 3.82. The van der Waals surface area contributed by atoms with Crippen molar-refractivity contribution >= 4 is 0 Å². The maximum absolute atomic E-state index is 8.80. The zero-order valence-corrected chi connectivity index (χ0v) is 10.3. The van der Waals surface area contributed by atoms with E-state index in [1.54, 1.807) is 0 Å². The minimum atomic E-state index is 0.424. The van der Waals surface area contributed by atoms with Crippen LogP contribution in [-0.4, -0.2) is 36.6 Å². The molecule has 0 bridgehead atoms. The van der Waals surface area contributed by atoms with Gasteiger partial charge in [0.15, 0.2) is 0 Å².